The molecule has 0 N–H and O–H groups in total. The normalized spacial score (nSPS) is 7.20. The quantitative estimate of drug-likeness (QED) is 0.391. The van der Waals surface area contributed by atoms with Crippen LogP contribution in [0.2, 0.25) is 0 Å². The average Bonchev–Trinajstić information content (AvgIpc) is 2.54. The molecule has 0 saturated heterocycles. The van der Waals surface area contributed by atoms with E-state index in [0.717, 1.165) is 0 Å². The van der Waals surface area contributed by atoms with E-state index < -0.39 is 0 Å². The van der Waals surface area contributed by atoms with Gasteiger partial charge in [-0.1, -0.05) is 0 Å². The molecular weight excluding hydrogens is 390 g/mol. The molecule has 3 rings (SSSR count). The van der Waals surface area contributed by atoms with Gasteiger partial charge in [0.05, 0.1) is 0 Å². The van der Waals surface area contributed by atoms with Crippen molar-refractivity contribution in [2.24, 2.45) is 0 Å². The summed E-state index contributed by atoms with van der Waals surface area (Å²) in [6.45, 7) is 0. The van der Waals surface area contributed by atoms with Gasteiger partial charge < -0.3 is 0 Å². The molecule has 4 radical (unpaired) electrons. The summed E-state index contributed by atoms with van der Waals surface area (Å²) >= 11 is 0. The molecule has 3 aromatic rings. The van der Waals surface area contributed by atoms with Crippen LogP contribution in [-0.4, -0.2) is 24.4 Å². The van der Waals surface area contributed by atoms with E-state index in [0.29, 0.717) is 0 Å². The van der Waals surface area contributed by atoms with Gasteiger partial charge >= 0.3 is 17.4 Å². The van der Waals surface area contributed by atoms with E-state index in [1.54, 1.807) is 0 Å². The number of rotatable bonds is 0. The molecule has 0 heterocycles. The fraction of sp³-hybridized carbons (Fsp3) is 0. The van der Waals surface area contributed by atoms with Crippen LogP contribution < -0.4 is 0 Å². The Bertz CT molecular complexity index is 302. The summed E-state index contributed by atoms with van der Waals surface area (Å²) in [4.78, 5) is 0. The van der Waals surface area contributed by atoms with E-state index in [9.17, 15) is 0 Å². The average molecular weight is 405 g/mol. The van der Waals surface area contributed by atoms with Gasteiger partial charge in [0.2, 0.25) is 0 Å². The molecule has 0 saturated carbocycles. The maximum Gasteiger partial charge on any atom is 3.00 e. The van der Waals surface area contributed by atoms with Gasteiger partial charge in [-0.05, 0) is 0 Å². The predicted molar refractivity (Wildman–Crippen MR) is 81.6 cm³/mol. The van der Waals surface area contributed by atoms with Crippen molar-refractivity contribution >= 4 is 24.4 Å². The van der Waals surface area contributed by atoms with Gasteiger partial charge in [0.15, 0.2) is 0 Å². The summed E-state index contributed by atoms with van der Waals surface area (Å²) in [5.41, 5.74) is 0. The Morgan fingerprint density at radius 2 is 0.550 bits per heavy atom. The van der Waals surface area contributed by atoms with Crippen molar-refractivity contribution in [2.45, 2.75) is 0 Å². The van der Waals surface area contributed by atoms with Crippen molar-refractivity contribution < 1.29 is 17.4 Å². The van der Waals surface area contributed by atoms with Crippen LogP contribution in [0.4, 0.5) is 0 Å². The van der Waals surface area contributed by atoms with E-state index >= 15 is 0 Å². The van der Waals surface area contributed by atoms with Crippen LogP contribution in [0.5, 0.6) is 0 Å². The van der Waals surface area contributed by atoms with Crippen LogP contribution in [0, 0.1) is 18.2 Å². The summed E-state index contributed by atoms with van der Waals surface area (Å²) < 4.78 is 0. The van der Waals surface area contributed by atoms with Gasteiger partial charge in [-0.2, -0.15) is 109 Å². The molecule has 0 atom stereocenters. The SMILES string of the molecule is [Cr+3].[Sb].[c-]1ccccc1.[c-]1ccccc1.[c-]1ccccc1. The minimum Gasteiger partial charge on any atom is -0.184 e. The van der Waals surface area contributed by atoms with Crippen molar-refractivity contribution in [3.8, 4) is 0 Å². The van der Waals surface area contributed by atoms with E-state index in [1.165, 1.54) is 0 Å². The summed E-state index contributed by atoms with van der Waals surface area (Å²) in [5.74, 6) is 0. The Morgan fingerprint density at radius 1 is 0.350 bits per heavy atom. The topological polar surface area (TPSA) is 0 Å². The first-order chi connectivity index (χ1) is 9.00. The monoisotopic (exact) mass is 404 g/mol. The molecule has 0 spiro atoms. The third-order valence-electron chi connectivity index (χ3n) is 1.82. The molecule has 0 nitrogen and oxygen atoms in total. The van der Waals surface area contributed by atoms with Crippen molar-refractivity contribution in [1.82, 2.24) is 0 Å². The molecule has 2 heteroatoms. The number of hydrogen-bond acceptors (Lipinski definition) is 0. The van der Waals surface area contributed by atoms with Crippen LogP contribution in [0.1, 0.15) is 0 Å². The van der Waals surface area contributed by atoms with Crippen molar-refractivity contribution in [3.63, 3.8) is 0 Å². The molecule has 3 aromatic carbocycles. The summed E-state index contributed by atoms with van der Waals surface area (Å²) in [6, 6.07) is 37.5. The molecule has 0 unspecified atom stereocenters. The third-order valence-corrected chi connectivity index (χ3v) is 1.82. The predicted octanol–water partition coefficient (Wildman–Crippen LogP) is 4.08. The molecule has 0 bridgehead atoms. The second kappa shape index (κ2) is 18.0. The number of benzene rings is 3. The van der Waals surface area contributed by atoms with Crippen molar-refractivity contribution in [3.05, 3.63) is 109 Å². The standard InChI is InChI=1S/3C6H5.Cr.Sb/c3*1-2-4-6-5-3-1;;/h3*1-5H;;/q3*-1;+3;. The van der Waals surface area contributed by atoms with Crippen LogP contribution in [-0.2, 0) is 17.4 Å². The zero-order valence-corrected chi connectivity index (χ0v) is 14.8. The number of hydrogen-bond donors (Lipinski definition) is 0. The Balaban J connectivity index is 0. The van der Waals surface area contributed by atoms with Crippen molar-refractivity contribution in [2.75, 3.05) is 0 Å². The maximum absolute atomic E-state index is 2.89. The summed E-state index contributed by atoms with van der Waals surface area (Å²) in [5, 5.41) is 0. The molecule has 0 fully saturated rings. The van der Waals surface area contributed by atoms with Crippen LogP contribution in [0.3, 0.4) is 0 Å². The van der Waals surface area contributed by atoms with Gasteiger partial charge in [0, 0.05) is 24.4 Å². The second-order valence-electron chi connectivity index (χ2n) is 3.23. The molecular formula is C18H15CrSb. The zero-order chi connectivity index (χ0) is 12.7. The molecule has 0 aliphatic carbocycles. The van der Waals surface area contributed by atoms with E-state index in [1.807, 2.05) is 91.0 Å². The molecule has 0 aliphatic heterocycles. The van der Waals surface area contributed by atoms with E-state index in [-0.39, 0.29) is 41.8 Å². The third kappa shape index (κ3) is 15.1. The molecule has 0 aromatic heterocycles. The minimum atomic E-state index is 0. The molecule has 0 amide bonds. The first-order valence-electron chi connectivity index (χ1n) is 5.73. The van der Waals surface area contributed by atoms with E-state index in [4.69, 9.17) is 0 Å². The fourth-order valence-corrected chi connectivity index (χ4v) is 1.03. The minimum absolute atomic E-state index is 0. The van der Waals surface area contributed by atoms with Gasteiger partial charge in [0.1, 0.15) is 0 Å². The van der Waals surface area contributed by atoms with Gasteiger partial charge in [-0.15, -0.1) is 0 Å². The van der Waals surface area contributed by atoms with Crippen LogP contribution in [0.25, 0.3) is 0 Å². The smallest absolute Gasteiger partial charge is 0.184 e. The largest absolute Gasteiger partial charge is 3.00 e. The van der Waals surface area contributed by atoms with Gasteiger partial charge in [-0.3, -0.25) is 0 Å². The summed E-state index contributed by atoms with van der Waals surface area (Å²) in [7, 11) is 0. The molecule has 20 heavy (non-hydrogen) atoms. The molecule has 98 valence electrons. The fourth-order valence-electron chi connectivity index (χ4n) is 1.03. The Labute approximate surface area is 150 Å². The maximum atomic E-state index is 2.89. The second-order valence-corrected chi connectivity index (χ2v) is 3.23. The van der Waals surface area contributed by atoms with Crippen LogP contribution >= 0.6 is 0 Å². The first-order valence-corrected chi connectivity index (χ1v) is 5.73. The Morgan fingerprint density at radius 3 is 0.600 bits per heavy atom. The van der Waals surface area contributed by atoms with Crippen LogP contribution in [0.15, 0.2) is 91.0 Å². The van der Waals surface area contributed by atoms with Gasteiger partial charge in [0.25, 0.3) is 0 Å². The van der Waals surface area contributed by atoms with E-state index in [2.05, 4.69) is 18.2 Å². The Hall–Kier alpha value is -0.989. The first kappa shape index (κ1) is 21.3. The summed E-state index contributed by atoms with van der Waals surface area (Å²) in [6.07, 6.45) is 0. The zero-order valence-electron chi connectivity index (χ0n) is 11.0. The van der Waals surface area contributed by atoms with Crippen molar-refractivity contribution in [1.29, 1.82) is 0 Å². The van der Waals surface area contributed by atoms with Gasteiger partial charge in [-0.25, -0.2) is 0 Å². The Kier molecular flexibility index (Phi) is 19.2. The molecule has 0 aliphatic rings.